The Kier molecular flexibility index (Phi) is 5.83. The SMILES string of the molecule is O=C(c1ccnc(-c2cncnc2)c1)N1CCC[C@@H](Cc2cccc3ccncc23)CC1. The van der Waals surface area contributed by atoms with Gasteiger partial charge >= 0.3 is 0 Å². The predicted octanol–water partition coefficient (Wildman–Crippen LogP) is 4.57. The number of nitrogens with zero attached hydrogens (tertiary/aromatic N) is 5. The number of rotatable bonds is 4. The molecule has 0 spiro atoms. The number of benzene rings is 1. The van der Waals surface area contributed by atoms with Crippen LogP contribution in [0, 0.1) is 5.92 Å². The third-order valence-corrected chi connectivity index (χ3v) is 6.28. The zero-order chi connectivity index (χ0) is 21.8. The third kappa shape index (κ3) is 4.35. The Labute approximate surface area is 187 Å². The van der Waals surface area contributed by atoms with E-state index >= 15 is 0 Å². The normalized spacial score (nSPS) is 16.6. The average molecular weight is 424 g/mol. The van der Waals surface area contributed by atoms with Gasteiger partial charge in [-0.05, 0) is 60.7 Å². The van der Waals surface area contributed by atoms with Gasteiger partial charge in [0.2, 0.25) is 0 Å². The van der Waals surface area contributed by atoms with Gasteiger partial charge in [-0.3, -0.25) is 14.8 Å². The molecule has 0 saturated carbocycles. The summed E-state index contributed by atoms with van der Waals surface area (Å²) in [4.78, 5) is 32.0. The molecule has 1 aliphatic heterocycles. The zero-order valence-corrected chi connectivity index (χ0v) is 17.9. The van der Waals surface area contributed by atoms with E-state index in [9.17, 15) is 4.79 Å². The lowest BCUT2D eigenvalue weighted by Gasteiger charge is -2.21. The minimum absolute atomic E-state index is 0.0699. The van der Waals surface area contributed by atoms with Gasteiger partial charge in [-0.25, -0.2) is 9.97 Å². The molecule has 1 amide bonds. The lowest BCUT2D eigenvalue weighted by Crippen LogP contribution is -2.32. The molecule has 3 aromatic heterocycles. The Bertz CT molecular complexity index is 1220. The highest BCUT2D eigenvalue weighted by atomic mass is 16.2. The molecule has 0 bridgehead atoms. The van der Waals surface area contributed by atoms with Gasteiger partial charge < -0.3 is 4.90 Å². The van der Waals surface area contributed by atoms with E-state index in [0.717, 1.165) is 44.3 Å². The highest BCUT2D eigenvalue weighted by Gasteiger charge is 2.22. The Balaban J connectivity index is 1.28. The summed E-state index contributed by atoms with van der Waals surface area (Å²) in [7, 11) is 0. The minimum Gasteiger partial charge on any atom is -0.339 e. The standard InChI is InChI=1S/C26H25N5O/c32-26(22-7-10-30-25(14-22)23-15-28-18-29-16-23)31-11-2-3-19(8-12-31)13-21-5-1-4-20-6-9-27-17-24(20)21/h1,4-7,9-10,14-19H,2-3,8,11-13H2/t19-/m1/s1. The number of carbonyl (C=O) groups is 1. The Hall–Kier alpha value is -3.67. The summed E-state index contributed by atoms with van der Waals surface area (Å²) in [5, 5.41) is 2.47. The van der Waals surface area contributed by atoms with E-state index in [1.807, 2.05) is 23.4 Å². The molecule has 4 heterocycles. The van der Waals surface area contributed by atoms with Crippen LogP contribution in [0.3, 0.4) is 0 Å². The van der Waals surface area contributed by atoms with Gasteiger partial charge in [-0.2, -0.15) is 0 Å². The fraction of sp³-hybridized carbons (Fsp3) is 0.269. The topological polar surface area (TPSA) is 71.9 Å². The van der Waals surface area contributed by atoms with E-state index in [0.29, 0.717) is 17.2 Å². The molecule has 1 saturated heterocycles. The van der Waals surface area contributed by atoms with E-state index in [4.69, 9.17) is 0 Å². The van der Waals surface area contributed by atoms with Crippen LogP contribution >= 0.6 is 0 Å². The quantitative estimate of drug-likeness (QED) is 0.481. The average Bonchev–Trinajstić information content (AvgIpc) is 3.10. The largest absolute Gasteiger partial charge is 0.339 e. The van der Waals surface area contributed by atoms with Crippen LogP contribution in [0.2, 0.25) is 0 Å². The molecular formula is C26H25N5O. The van der Waals surface area contributed by atoms with Crippen molar-refractivity contribution in [3.8, 4) is 11.3 Å². The van der Waals surface area contributed by atoms with Crippen molar-refractivity contribution in [2.24, 2.45) is 5.92 Å². The summed E-state index contributed by atoms with van der Waals surface area (Å²) in [6.45, 7) is 1.57. The molecule has 1 atom stereocenters. The number of fused-ring (bicyclic) bond motifs is 1. The second-order valence-electron chi connectivity index (χ2n) is 8.36. The van der Waals surface area contributed by atoms with E-state index in [1.54, 1.807) is 24.7 Å². The Morgan fingerprint density at radius 3 is 2.78 bits per heavy atom. The molecule has 0 unspecified atom stereocenters. The molecule has 32 heavy (non-hydrogen) atoms. The Morgan fingerprint density at radius 2 is 1.88 bits per heavy atom. The monoisotopic (exact) mass is 423 g/mol. The number of aromatic nitrogens is 4. The molecular weight excluding hydrogens is 398 g/mol. The summed E-state index contributed by atoms with van der Waals surface area (Å²) in [5.74, 6) is 0.633. The van der Waals surface area contributed by atoms with Crippen molar-refractivity contribution in [2.75, 3.05) is 13.1 Å². The van der Waals surface area contributed by atoms with Crippen molar-refractivity contribution < 1.29 is 4.79 Å². The zero-order valence-electron chi connectivity index (χ0n) is 17.9. The maximum absolute atomic E-state index is 13.2. The molecule has 5 rings (SSSR count). The second-order valence-corrected chi connectivity index (χ2v) is 8.36. The van der Waals surface area contributed by atoms with Crippen LogP contribution in [0.1, 0.15) is 35.2 Å². The summed E-state index contributed by atoms with van der Waals surface area (Å²) < 4.78 is 0. The molecule has 1 aliphatic rings. The van der Waals surface area contributed by atoms with Crippen LogP contribution < -0.4 is 0 Å². The van der Waals surface area contributed by atoms with Crippen LogP contribution in [-0.4, -0.2) is 43.8 Å². The summed E-state index contributed by atoms with van der Waals surface area (Å²) in [6.07, 6.45) is 14.6. The highest BCUT2D eigenvalue weighted by Crippen LogP contribution is 2.27. The summed E-state index contributed by atoms with van der Waals surface area (Å²) >= 11 is 0. The summed E-state index contributed by atoms with van der Waals surface area (Å²) in [6, 6.07) is 12.2. The fourth-order valence-corrected chi connectivity index (χ4v) is 4.57. The van der Waals surface area contributed by atoms with Crippen molar-refractivity contribution >= 4 is 16.7 Å². The molecule has 0 N–H and O–H groups in total. The minimum atomic E-state index is 0.0699. The van der Waals surface area contributed by atoms with Crippen LogP contribution in [-0.2, 0) is 6.42 Å². The maximum Gasteiger partial charge on any atom is 0.253 e. The smallest absolute Gasteiger partial charge is 0.253 e. The number of pyridine rings is 2. The first-order valence-corrected chi connectivity index (χ1v) is 11.1. The molecule has 160 valence electrons. The molecule has 0 aliphatic carbocycles. The van der Waals surface area contributed by atoms with Gasteiger partial charge in [0.25, 0.3) is 5.91 Å². The molecule has 4 aromatic rings. The highest BCUT2D eigenvalue weighted by molar-refractivity contribution is 5.95. The van der Waals surface area contributed by atoms with Crippen molar-refractivity contribution in [3.05, 3.63) is 84.8 Å². The lowest BCUT2D eigenvalue weighted by molar-refractivity contribution is 0.0760. The van der Waals surface area contributed by atoms with Crippen molar-refractivity contribution in [3.63, 3.8) is 0 Å². The van der Waals surface area contributed by atoms with Gasteiger partial charge in [0, 0.05) is 60.6 Å². The van der Waals surface area contributed by atoms with Gasteiger partial charge in [0.1, 0.15) is 6.33 Å². The van der Waals surface area contributed by atoms with E-state index in [-0.39, 0.29) is 5.91 Å². The van der Waals surface area contributed by atoms with Crippen LogP contribution in [0.5, 0.6) is 0 Å². The van der Waals surface area contributed by atoms with Crippen molar-refractivity contribution in [1.29, 1.82) is 0 Å². The molecule has 1 fully saturated rings. The van der Waals surface area contributed by atoms with Gasteiger partial charge in [0.15, 0.2) is 0 Å². The first kappa shape index (κ1) is 20.2. The number of hydrogen-bond donors (Lipinski definition) is 0. The number of amides is 1. The van der Waals surface area contributed by atoms with E-state index in [2.05, 4.69) is 44.2 Å². The fourth-order valence-electron chi connectivity index (χ4n) is 4.57. The molecule has 6 heteroatoms. The van der Waals surface area contributed by atoms with E-state index in [1.165, 1.54) is 22.7 Å². The van der Waals surface area contributed by atoms with Crippen molar-refractivity contribution in [1.82, 2.24) is 24.8 Å². The van der Waals surface area contributed by atoms with Gasteiger partial charge in [-0.15, -0.1) is 0 Å². The summed E-state index contributed by atoms with van der Waals surface area (Å²) in [5.41, 5.74) is 3.54. The molecule has 1 aromatic carbocycles. The molecule has 0 radical (unpaired) electrons. The third-order valence-electron chi connectivity index (χ3n) is 6.28. The second kappa shape index (κ2) is 9.22. The van der Waals surface area contributed by atoms with Crippen molar-refractivity contribution in [2.45, 2.75) is 25.7 Å². The first-order valence-electron chi connectivity index (χ1n) is 11.1. The lowest BCUT2D eigenvalue weighted by atomic mass is 9.91. The number of hydrogen-bond acceptors (Lipinski definition) is 5. The van der Waals surface area contributed by atoms with Gasteiger partial charge in [0.05, 0.1) is 5.69 Å². The Morgan fingerprint density at radius 1 is 0.969 bits per heavy atom. The first-order chi connectivity index (χ1) is 15.8. The van der Waals surface area contributed by atoms with Crippen LogP contribution in [0.25, 0.3) is 22.0 Å². The maximum atomic E-state index is 13.2. The number of likely N-dealkylation sites (tertiary alicyclic amines) is 1. The predicted molar refractivity (Wildman–Crippen MR) is 124 cm³/mol. The van der Waals surface area contributed by atoms with Crippen LogP contribution in [0.4, 0.5) is 0 Å². The molecule has 6 nitrogen and oxygen atoms in total. The van der Waals surface area contributed by atoms with Crippen LogP contribution in [0.15, 0.2) is 73.7 Å². The van der Waals surface area contributed by atoms with Gasteiger partial charge in [-0.1, -0.05) is 18.2 Å². The van der Waals surface area contributed by atoms with E-state index < -0.39 is 0 Å². The number of carbonyl (C=O) groups excluding carboxylic acids is 1.